The van der Waals surface area contributed by atoms with Crippen molar-refractivity contribution in [1.82, 2.24) is 0 Å². The van der Waals surface area contributed by atoms with Crippen molar-refractivity contribution in [2.45, 2.75) is 13.3 Å². The fraction of sp³-hybridized carbons (Fsp3) is 0.364. The first-order chi connectivity index (χ1) is 6.59. The SMILES string of the molecule is CC(=O)c1cc(F)c2c(c1)CCN2C. The number of hydrogen-bond acceptors (Lipinski definition) is 2. The zero-order valence-electron chi connectivity index (χ0n) is 8.30. The molecule has 0 aromatic heterocycles. The second-order valence-electron chi connectivity index (χ2n) is 3.69. The summed E-state index contributed by atoms with van der Waals surface area (Å²) in [6, 6.07) is 3.12. The molecule has 0 bridgehead atoms. The average Bonchev–Trinajstić information content (AvgIpc) is 2.48. The van der Waals surface area contributed by atoms with Gasteiger partial charge >= 0.3 is 0 Å². The number of benzene rings is 1. The summed E-state index contributed by atoms with van der Waals surface area (Å²) in [5.74, 6) is -0.367. The van der Waals surface area contributed by atoms with Gasteiger partial charge in [0, 0.05) is 19.2 Å². The second kappa shape index (κ2) is 3.08. The molecule has 74 valence electrons. The Kier molecular flexibility index (Phi) is 2.02. The van der Waals surface area contributed by atoms with Crippen LogP contribution in [0.3, 0.4) is 0 Å². The fourth-order valence-electron chi connectivity index (χ4n) is 1.88. The van der Waals surface area contributed by atoms with Crippen LogP contribution < -0.4 is 4.90 Å². The van der Waals surface area contributed by atoms with Crippen molar-refractivity contribution in [3.05, 3.63) is 29.1 Å². The number of halogens is 1. The number of hydrogen-bond donors (Lipinski definition) is 0. The molecule has 1 aliphatic heterocycles. The van der Waals surface area contributed by atoms with Gasteiger partial charge in [0.2, 0.25) is 0 Å². The third-order valence-electron chi connectivity index (χ3n) is 2.65. The Balaban J connectivity index is 2.57. The van der Waals surface area contributed by atoms with Crippen LogP contribution >= 0.6 is 0 Å². The van der Waals surface area contributed by atoms with E-state index in [0.717, 1.165) is 18.5 Å². The monoisotopic (exact) mass is 193 g/mol. The summed E-state index contributed by atoms with van der Waals surface area (Å²) in [4.78, 5) is 13.0. The molecule has 1 aromatic rings. The van der Waals surface area contributed by atoms with Crippen molar-refractivity contribution in [3.63, 3.8) is 0 Å². The summed E-state index contributed by atoms with van der Waals surface area (Å²) >= 11 is 0. The molecule has 0 saturated carbocycles. The highest BCUT2D eigenvalue weighted by Gasteiger charge is 2.21. The Labute approximate surface area is 82.3 Å². The molecule has 3 heteroatoms. The summed E-state index contributed by atoms with van der Waals surface area (Å²) in [7, 11) is 1.86. The summed E-state index contributed by atoms with van der Waals surface area (Å²) in [6.07, 6.45) is 0.823. The van der Waals surface area contributed by atoms with E-state index in [9.17, 15) is 9.18 Å². The molecule has 14 heavy (non-hydrogen) atoms. The Bertz CT molecular complexity index is 401. The van der Waals surface area contributed by atoms with Gasteiger partial charge in [0.15, 0.2) is 5.78 Å². The van der Waals surface area contributed by atoms with Gasteiger partial charge in [0.1, 0.15) is 5.82 Å². The van der Waals surface area contributed by atoms with Crippen LogP contribution in [-0.2, 0) is 6.42 Å². The lowest BCUT2D eigenvalue weighted by atomic mass is 10.1. The molecule has 0 saturated heterocycles. The Morgan fingerprint density at radius 2 is 2.21 bits per heavy atom. The predicted molar refractivity (Wildman–Crippen MR) is 53.4 cm³/mol. The topological polar surface area (TPSA) is 20.3 Å². The zero-order valence-corrected chi connectivity index (χ0v) is 8.30. The lowest BCUT2D eigenvalue weighted by Gasteiger charge is -2.12. The van der Waals surface area contributed by atoms with E-state index >= 15 is 0 Å². The molecular weight excluding hydrogens is 181 g/mol. The highest BCUT2D eigenvalue weighted by molar-refractivity contribution is 5.95. The van der Waals surface area contributed by atoms with Crippen LogP contribution in [0.15, 0.2) is 12.1 Å². The molecule has 0 N–H and O–H groups in total. The van der Waals surface area contributed by atoms with Gasteiger partial charge in [-0.25, -0.2) is 4.39 Å². The van der Waals surface area contributed by atoms with Gasteiger partial charge in [-0.15, -0.1) is 0 Å². The molecule has 0 aliphatic carbocycles. The molecule has 1 aromatic carbocycles. The number of Topliss-reactive ketones (excluding diaryl/α,β-unsaturated/α-hetero) is 1. The largest absolute Gasteiger partial charge is 0.372 e. The number of ketones is 1. The van der Waals surface area contributed by atoms with Gasteiger partial charge in [-0.1, -0.05) is 0 Å². The molecule has 0 fully saturated rings. The van der Waals surface area contributed by atoms with Crippen molar-refractivity contribution in [1.29, 1.82) is 0 Å². The average molecular weight is 193 g/mol. The minimum atomic E-state index is -0.285. The quantitative estimate of drug-likeness (QED) is 0.636. The molecule has 0 unspecified atom stereocenters. The van der Waals surface area contributed by atoms with Gasteiger partial charge in [-0.2, -0.15) is 0 Å². The van der Waals surface area contributed by atoms with E-state index < -0.39 is 0 Å². The minimum absolute atomic E-state index is 0.0822. The molecule has 2 nitrogen and oxygen atoms in total. The number of likely N-dealkylation sites (N-methyl/N-ethyl adjacent to an activating group) is 1. The zero-order chi connectivity index (χ0) is 10.3. The first-order valence-corrected chi connectivity index (χ1v) is 4.64. The minimum Gasteiger partial charge on any atom is -0.372 e. The molecule has 0 atom stereocenters. The van der Waals surface area contributed by atoms with Gasteiger partial charge in [0.25, 0.3) is 0 Å². The molecular formula is C11H12FNO. The van der Waals surface area contributed by atoms with Crippen molar-refractivity contribution >= 4 is 11.5 Å². The van der Waals surface area contributed by atoms with Crippen molar-refractivity contribution in [3.8, 4) is 0 Å². The number of fused-ring (bicyclic) bond motifs is 1. The van der Waals surface area contributed by atoms with Crippen LogP contribution in [0.1, 0.15) is 22.8 Å². The molecule has 1 aliphatic rings. The lowest BCUT2D eigenvalue weighted by molar-refractivity contribution is 0.101. The van der Waals surface area contributed by atoms with Gasteiger partial charge in [0.05, 0.1) is 5.69 Å². The number of carbonyl (C=O) groups excluding carboxylic acids is 1. The summed E-state index contributed by atoms with van der Waals surface area (Å²) < 4.78 is 13.6. The number of anilines is 1. The van der Waals surface area contributed by atoms with Crippen LogP contribution in [0.2, 0.25) is 0 Å². The van der Waals surface area contributed by atoms with E-state index in [1.165, 1.54) is 13.0 Å². The Morgan fingerprint density at radius 3 is 2.86 bits per heavy atom. The Morgan fingerprint density at radius 1 is 1.50 bits per heavy atom. The van der Waals surface area contributed by atoms with E-state index in [4.69, 9.17) is 0 Å². The highest BCUT2D eigenvalue weighted by Crippen LogP contribution is 2.30. The van der Waals surface area contributed by atoms with E-state index in [0.29, 0.717) is 11.3 Å². The normalized spacial score (nSPS) is 14.4. The van der Waals surface area contributed by atoms with Gasteiger partial charge in [-0.05, 0) is 31.0 Å². The second-order valence-corrected chi connectivity index (χ2v) is 3.69. The third kappa shape index (κ3) is 1.29. The first kappa shape index (κ1) is 9.19. The van der Waals surface area contributed by atoms with E-state index in [-0.39, 0.29) is 11.6 Å². The molecule has 0 radical (unpaired) electrons. The maximum Gasteiger partial charge on any atom is 0.159 e. The fourth-order valence-corrected chi connectivity index (χ4v) is 1.88. The van der Waals surface area contributed by atoms with Crippen LogP contribution in [0.5, 0.6) is 0 Å². The molecule has 1 heterocycles. The van der Waals surface area contributed by atoms with E-state index in [1.54, 1.807) is 6.07 Å². The van der Waals surface area contributed by atoms with Crippen LogP contribution in [0.4, 0.5) is 10.1 Å². The number of rotatable bonds is 1. The Hall–Kier alpha value is -1.38. The maximum atomic E-state index is 13.6. The van der Waals surface area contributed by atoms with Crippen LogP contribution in [-0.4, -0.2) is 19.4 Å². The third-order valence-corrected chi connectivity index (χ3v) is 2.65. The lowest BCUT2D eigenvalue weighted by Crippen LogP contribution is -2.13. The van der Waals surface area contributed by atoms with Gasteiger partial charge in [-0.3, -0.25) is 4.79 Å². The molecule has 2 rings (SSSR count). The maximum absolute atomic E-state index is 13.6. The molecule has 0 amide bonds. The molecule has 0 spiro atoms. The van der Waals surface area contributed by atoms with E-state index in [1.807, 2.05) is 11.9 Å². The van der Waals surface area contributed by atoms with Crippen molar-refractivity contribution in [2.75, 3.05) is 18.5 Å². The summed E-state index contributed by atoms with van der Waals surface area (Å²) in [5, 5.41) is 0. The first-order valence-electron chi connectivity index (χ1n) is 4.64. The van der Waals surface area contributed by atoms with Crippen LogP contribution in [0, 0.1) is 5.82 Å². The number of nitrogens with zero attached hydrogens (tertiary/aromatic N) is 1. The summed E-state index contributed by atoms with van der Waals surface area (Å²) in [6.45, 7) is 2.29. The smallest absolute Gasteiger partial charge is 0.159 e. The van der Waals surface area contributed by atoms with Gasteiger partial charge < -0.3 is 4.90 Å². The van der Waals surface area contributed by atoms with Crippen LogP contribution in [0.25, 0.3) is 0 Å². The summed E-state index contributed by atoms with van der Waals surface area (Å²) in [5.41, 5.74) is 2.06. The highest BCUT2D eigenvalue weighted by atomic mass is 19.1. The van der Waals surface area contributed by atoms with E-state index in [2.05, 4.69) is 0 Å². The number of carbonyl (C=O) groups is 1. The van der Waals surface area contributed by atoms with Crippen molar-refractivity contribution < 1.29 is 9.18 Å². The van der Waals surface area contributed by atoms with Crippen molar-refractivity contribution in [2.24, 2.45) is 0 Å². The standard InChI is InChI=1S/C11H12FNO/c1-7(14)9-5-8-3-4-13(2)11(8)10(12)6-9/h5-6H,3-4H2,1-2H3. The predicted octanol–water partition coefficient (Wildman–Crippen LogP) is 2.02.